The van der Waals surface area contributed by atoms with Crippen LogP contribution in [0.25, 0.3) is 0 Å². The van der Waals surface area contributed by atoms with Gasteiger partial charge in [-0.25, -0.2) is 9.59 Å². The lowest BCUT2D eigenvalue weighted by Gasteiger charge is -2.56. The molecule has 2 N–H and O–H groups in total. The summed E-state index contributed by atoms with van der Waals surface area (Å²) in [7, 11) is 0. The van der Waals surface area contributed by atoms with Crippen molar-refractivity contribution in [2.45, 2.75) is 63.3 Å². The highest BCUT2D eigenvalue weighted by atomic mass is 16.7. The number of carbonyl (C=O) groups is 3. The number of epoxide rings is 1. The van der Waals surface area contributed by atoms with Gasteiger partial charge in [-0.1, -0.05) is 20.1 Å². The van der Waals surface area contributed by atoms with Crippen molar-refractivity contribution in [3.8, 4) is 0 Å². The lowest BCUT2D eigenvalue weighted by atomic mass is 9.51. The first-order valence-corrected chi connectivity index (χ1v) is 9.88. The maximum Gasteiger partial charge on any atom is 0.336 e. The van der Waals surface area contributed by atoms with Crippen LogP contribution in [-0.4, -0.2) is 70.8 Å². The third-order valence-corrected chi connectivity index (χ3v) is 7.13. The maximum absolute atomic E-state index is 12.5. The van der Waals surface area contributed by atoms with Gasteiger partial charge >= 0.3 is 17.9 Å². The number of ether oxygens (including phenoxy) is 4. The van der Waals surface area contributed by atoms with Crippen LogP contribution in [0.4, 0.5) is 0 Å². The first kappa shape index (κ1) is 21.0. The summed E-state index contributed by atoms with van der Waals surface area (Å²) < 4.78 is 22.8. The van der Waals surface area contributed by atoms with Crippen molar-refractivity contribution in [1.82, 2.24) is 0 Å². The smallest absolute Gasteiger partial charge is 0.336 e. The van der Waals surface area contributed by atoms with Gasteiger partial charge in [0, 0.05) is 23.8 Å². The van der Waals surface area contributed by atoms with E-state index >= 15 is 0 Å². The molecule has 0 bridgehead atoms. The van der Waals surface area contributed by atoms with E-state index in [9.17, 15) is 24.6 Å². The highest BCUT2D eigenvalue weighted by Gasteiger charge is 2.79. The Morgan fingerprint density at radius 2 is 1.97 bits per heavy atom. The first-order chi connectivity index (χ1) is 14.0. The zero-order valence-electron chi connectivity index (χ0n) is 17.1. The van der Waals surface area contributed by atoms with Crippen molar-refractivity contribution in [2.75, 3.05) is 6.61 Å². The fraction of sp³-hybridized carbons (Fsp3) is 0.667. The monoisotopic (exact) mass is 422 g/mol. The van der Waals surface area contributed by atoms with Crippen LogP contribution in [0.2, 0.25) is 0 Å². The number of hydrogen-bond acceptors (Lipinski definition) is 9. The Morgan fingerprint density at radius 3 is 2.57 bits per heavy atom. The molecule has 4 fully saturated rings. The number of carbonyl (C=O) groups excluding carboxylic acids is 3. The SMILES string of the molecule is C=C(CO)C(=O)OC1C(OC(C)=O)C2OC2(C)C2C3OC(=O)C(=C)C3C(O)CC12C. The fourth-order valence-electron chi connectivity index (χ4n) is 5.88. The van der Waals surface area contributed by atoms with E-state index in [0.29, 0.717) is 0 Å². The van der Waals surface area contributed by atoms with E-state index in [-0.39, 0.29) is 17.6 Å². The first-order valence-electron chi connectivity index (χ1n) is 9.88. The lowest BCUT2D eigenvalue weighted by molar-refractivity contribution is -0.216. The van der Waals surface area contributed by atoms with Crippen LogP contribution in [-0.2, 0) is 33.3 Å². The molecular formula is C21H26O9. The van der Waals surface area contributed by atoms with E-state index in [1.807, 2.05) is 6.92 Å². The van der Waals surface area contributed by atoms with E-state index in [2.05, 4.69) is 13.2 Å². The van der Waals surface area contributed by atoms with Crippen LogP contribution in [0.5, 0.6) is 0 Å². The van der Waals surface area contributed by atoms with Crippen LogP contribution in [0, 0.1) is 17.3 Å². The van der Waals surface area contributed by atoms with Crippen LogP contribution in [0.1, 0.15) is 27.2 Å². The van der Waals surface area contributed by atoms with Crippen LogP contribution in [0.3, 0.4) is 0 Å². The van der Waals surface area contributed by atoms with Gasteiger partial charge < -0.3 is 29.2 Å². The minimum atomic E-state index is -1.01. The Kier molecular flexibility index (Phi) is 4.65. The van der Waals surface area contributed by atoms with Crippen molar-refractivity contribution in [1.29, 1.82) is 0 Å². The summed E-state index contributed by atoms with van der Waals surface area (Å²) in [5.41, 5.74) is -1.71. The number of esters is 3. The van der Waals surface area contributed by atoms with Crippen LogP contribution < -0.4 is 0 Å². The predicted molar refractivity (Wildman–Crippen MR) is 99.7 cm³/mol. The summed E-state index contributed by atoms with van der Waals surface area (Å²) in [5, 5.41) is 20.1. The summed E-state index contributed by atoms with van der Waals surface area (Å²) in [6.45, 7) is 11.6. The van der Waals surface area contributed by atoms with Gasteiger partial charge in [0.2, 0.25) is 0 Å². The van der Waals surface area contributed by atoms with Gasteiger partial charge in [-0.3, -0.25) is 4.79 Å². The molecule has 0 aromatic carbocycles. The Hall–Kier alpha value is -2.23. The van der Waals surface area contributed by atoms with E-state index in [1.165, 1.54) is 6.92 Å². The van der Waals surface area contributed by atoms with Gasteiger partial charge in [-0.05, 0) is 13.3 Å². The molecule has 2 aliphatic heterocycles. The quantitative estimate of drug-likeness (QED) is 0.279. The van der Waals surface area contributed by atoms with Gasteiger partial charge in [0.05, 0.1) is 24.2 Å². The zero-order valence-corrected chi connectivity index (χ0v) is 17.1. The topological polar surface area (TPSA) is 132 Å². The molecule has 2 saturated heterocycles. The molecule has 164 valence electrons. The van der Waals surface area contributed by atoms with Gasteiger partial charge in [0.15, 0.2) is 6.10 Å². The third-order valence-electron chi connectivity index (χ3n) is 7.13. The third kappa shape index (κ3) is 2.75. The maximum atomic E-state index is 12.5. The Bertz CT molecular complexity index is 849. The van der Waals surface area contributed by atoms with Gasteiger partial charge in [-0.2, -0.15) is 0 Å². The minimum Gasteiger partial charge on any atom is -0.458 e. The molecule has 9 atom stereocenters. The average Bonchev–Trinajstić information content (AvgIpc) is 3.25. The number of fused-ring (bicyclic) bond motifs is 5. The molecule has 0 aromatic heterocycles. The number of hydrogen-bond donors (Lipinski definition) is 2. The Morgan fingerprint density at radius 1 is 1.30 bits per heavy atom. The van der Waals surface area contributed by atoms with Crippen molar-refractivity contribution >= 4 is 17.9 Å². The average molecular weight is 422 g/mol. The fourth-order valence-corrected chi connectivity index (χ4v) is 5.88. The molecule has 0 spiro atoms. The molecule has 9 unspecified atom stereocenters. The molecule has 2 heterocycles. The van der Waals surface area contributed by atoms with Crippen molar-refractivity contribution in [3.63, 3.8) is 0 Å². The normalized spacial score (nSPS) is 46.1. The molecule has 2 saturated carbocycles. The molecule has 9 heteroatoms. The van der Waals surface area contributed by atoms with E-state index in [0.717, 1.165) is 0 Å². The van der Waals surface area contributed by atoms with E-state index in [4.69, 9.17) is 18.9 Å². The number of rotatable bonds is 4. The predicted octanol–water partition coefficient (Wildman–Crippen LogP) is 0.0344. The molecule has 4 rings (SSSR count). The lowest BCUT2D eigenvalue weighted by Crippen LogP contribution is -2.67. The van der Waals surface area contributed by atoms with Crippen molar-refractivity contribution in [2.24, 2.45) is 17.3 Å². The molecule has 2 aliphatic carbocycles. The number of aliphatic hydroxyl groups excluding tert-OH is 2. The largest absolute Gasteiger partial charge is 0.458 e. The Labute approximate surface area is 173 Å². The summed E-state index contributed by atoms with van der Waals surface area (Å²) in [6.07, 6.45) is -4.06. The van der Waals surface area contributed by atoms with E-state index in [1.54, 1.807) is 6.92 Å². The molecule has 0 aromatic rings. The Balaban J connectivity index is 1.78. The summed E-state index contributed by atoms with van der Waals surface area (Å²) in [4.78, 5) is 36.5. The minimum absolute atomic E-state index is 0.140. The highest BCUT2D eigenvalue weighted by molar-refractivity contribution is 5.91. The molecule has 30 heavy (non-hydrogen) atoms. The summed E-state index contributed by atoms with van der Waals surface area (Å²) in [6, 6.07) is 0. The highest BCUT2D eigenvalue weighted by Crippen LogP contribution is 2.66. The summed E-state index contributed by atoms with van der Waals surface area (Å²) >= 11 is 0. The van der Waals surface area contributed by atoms with E-state index < -0.39 is 77.9 Å². The van der Waals surface area contributed by atoms with Crippen LogP contribution >= 0.6 is 0 Å². The zero-order chi connectivity index (χ0) is 22.2. The second-order valence-electron chi connectivity index (χ2n) is 9.06. The van der Waals surface area contributed by atoms with Gasteiger partial charge in [-0.15, -0.1) is 0 Å². The molecule has 0 radical (unpaired) electrons. The van der Waals surface area contributed by atoms with Gasteiger partial charge in [0.25, 0.3) is 0 Å². The molecule has 9 nitrogen and oxygen atoms in total. The molecular weight excluding hydrogens is 396 g/mol. The van der Waals surface area contributed by atoms with Gasteiger partial charge in [0.1, 0.15) is 23.9 Å². The molecule has 4 aliphatic rings. The van der Waals surface area contributed by atoms with Crippen molar-refractivity contribution < 1.29 is 43.5 Å². The molecule has 0 amide bonds. The second kappa shape index (κ2) is 6.63. The van der Waals surface area contributed by atoms with Crippen molar-refractivity contribution in [3.05, 3.63) is 24.3 Å². The second-order valence-corrected chi connectivity index (χ2v) is 9.06. The number of aliphatic hydroxyl groups is 2. The van der Waals surface area contributed by atoms with Crippen LogP contribution in [0.15, 0.2) is 24.3 Å². The standard InChI is InChI=1S/C21H26O9/c1-8(7-22)18(25)29-16-14(27-10(3)23)17-21(5,30-17)15-13-12(9(2)19(26)28-13)11(24)6-20(15,16)4/h11-17,22,24H,1-2,6-7H2,3-5H3. The summed E-state index contributed by atoms with van der Waals surface area (Å²) in [5.74, 6) is -3.02.